The molecule has 0 amide bonds. The zero-order chi connectivity index (χ0) is 12.8. The monoisotopic (exact) mass is 264 g/mol. The van der Waals surface area contributed by atoms with Crippen molar-refractivity contribution >= 4 is 23.0 Å². The summed E-state index contributed by atoms with van der Waals surface area (Å²) in [5, 5.41) is 2.58. The third-order valence-electron chi connectivity index (χ3n) is 2.10. The number of thiazole rings is 1. The van der Waals surface area contributed by atoms with E-state index in [2.05, 4.69) is 4.98 Å². The molecule has 0 aliphatic rings. The van der Waals surface area contributed by atoms with Gasteiger partial charge in [-0.25, -0.2) is 9.78 Å². The summed E-state index contributed by atoms with van der Waals surface area (Å²) in [6.45, 7) is 0.00369. The van der Waals surface area contributed by atoms with Crippen molar-refractivity contribution in [3.05, 3.63) is 40.8 Å². The highest BCUT2D eigenvalue weighted by atomic mass is 32.1. The largest absolute Gasteiger partial charge is 0.480 e. The fourth-order valence-electron chi connectivity index (χ4n) is 1.26. The third kappa shape index (κ3) is 3.46. The van der Waals surface area contributed by atoms with E-state index in [1.54, 1.807) is 30.5 Å². The van der Waals surface area contributed by atoms with Crippen LogP contribution >= 0.6 is 11.3 Å². The molecule has 6 heteroatoms. The molecule has 1 heterocycles. The molecule has 94 valence electrons. The summed E-state index contributed by atoms with van der Waals surface area (Å²) in [6.07, 6.45) is 1.66. The first kappa shape index (κ1) is 12.4. The standard InChI is InChI=1S/C12H12N2O3S/c13-9-3-1-2-4-10(9)16-8-12(15)17-7-11-14-5-6-18-11/h1-6H,7-8,13H2. The molecule has 18 heavy (non-hydrogen) atoms. The van der Waals surface area contributed by atoms with E-state index in [1.165, 1.54) is 11.3 Å². The summed E-state index contributed by atoms with van der Waals surface area (Å²) in [6, 6.07) is 6.98. The van der Waals surface area contributed by atoms with Crippen LogP contribution in [0.25, 0.3) is 0 Å². The average molecular weight is 264 g/mol. The van der Waals surface area contributed by atoms with Gasteiger partial charge in [-0.05, 0) is 12.1 Å². The van der Waals surface area contributed by atoms with Crippen molar-refractivity contribution < 1.29 is 14.3 Å². The molecule has 0 aliphatic carbocycles. The molecule has 0 aliphatic heterocycles. The maximum atomic E-state index is 11.4. The first-order chi connectivity index (χ1) is 8.75. The highest BCUT2D eigenvalue weighted by Crippen LogP contribution is 2.19. The van der Waals surface area contributed by atoms with Gasteiger partial charge in [0.1, 0.15) is 17.4 Å². The van der Waals surface area contributed by atoms with Gasteiger partial charge >= 0.3 is 5.97 Å². The van der Waals surface area contributed by atoms with Crippen LogP contribution in [0.15, 0.2) is 35.8 Å². The number of rotatable bonds is 5. The highest BCUT2D eigenvalue weighted by Gasteiger charge is 2.07. The molecule has 2 rings (SSSR count). The molecule has 0 atom stereocenters. The fraction of sp³-hybridized carbons (Fsp3) is 0.167. The summed E-state index contributed by atoms with van der Waals surface area (Å²) in [5.74, 6) is 0.0251. The Bertz CT molecular complexity index is 514. The number of ether oxygens (including phenoxy) is 2. The number of aromatic nitrogens is 1. The summed E-state index contributed by atoms with van der Waals surface area (Å²) in [5.41, 5.74) is 6.16. The van der Waals surface area contributed by atoms with E-state index in [4.69, 9.17) is 15.2 Å². The van der Waals surface area contributed by atoms with Crippen molar-refractivity contribution in [2.45, 2.75) is 6.61 Å². The topological polar surface area (TPSA) is 74.4 Å². The molecular formula is C12H12N2O3S. The van der Waals surface area contributed by atoms with E-state index in [0.717, 1.165) is 5.01 Å². The minimum absolute atomic E-state index is 0.167. The van der Waals surface area contributed by atoms with Gasteiger partial charge in [-0.2, -0.15) is 0 Å². The van der Waals surface area contributed by atoms with E-state index in [0.29, 0.717) is 11.4 Å². The van der Waals surface area contributed by atoms with Crippen LogP contribution in [-0.2, 0) is 16.1 Å². The van der Waals surface area contributed by atoms with Crippen LogP contribution in [0.3, 0.4) is 0 Å². The SMILES string of the molecule is Nc1ccccc1OCC(=O)OCc1nccs1. The first-order valence-corrected chi connectivity index (χ1v) is 6.15. The van der Waals surface area contributed by atoms with E-state index in [-0.39, 0.29) is 13.2 Å². The van der Waals surface area contributed by atoms with Gasteiger partial charge in [-0.3, -0.25) is 0 Å². The molecule has 2 aromatic rings. The van der Waals surface area contributed by atoms with E-state index in [9.17, 15) is 4.79 Å². The molecule has 0 unspecified atom stereocenters. The Hall–Kier alpha value is -2.08. The van der Waals surface area contributed by atoms with Crippen LogP contribution in [0.4, 0.5) is 5.69 Å². The van der Waals surface area contributed by atoms with Gasteiger partial charge in [0.25, 0.3) is 0 Å². The minimum atomic E-state index is -0.451. The number of nitrogen functional groups attached to an aromatic ring is 1. The quantitative estimate of drug-likeness (QED) is 0.659. The maximum Gasteiger partial charge on any atom is 0.344 e. The van der Waals surface area contributed by atoms with Crippen LogP contribution in [0, 0.1) is 0 Å². The number of hydrogen-bond acceptors (Lipinski definition) is 6. The van der Waals surface area contributed by atoms with Gasteiger partial charge in [0, 0.05) is 11.6 Å². The molecule has 0 saturated carbocycles. The molecule has 5 nitrogen and oxygen atoms in total. The van der Waals surface area contributed by atoms with Gasteiger partial charge < -0.3 is 15.2 Å². The van der Waals surface area contributed by atoms with Crippen molar-refractivity contribution in [3.63, 3.8) is 0 Å². The average Bonchev–Trinajstić information content (AvgIpc) is 2.88. The molecule has 0 fully saturated rings. The summed E-state index contributed by atoms with van der Waals surface area (Å²) < 4.78 is 10.2. The van der Waals surface area contributed by atoms with E-state index in [1.807, 2.05) is 5.38 Å². The van der Waals surface area contributed by atoms with Crippen molar-refractivity contribution in [2.24, 2.45) is 0 Å². The molecule has 0 spiro atoms. The van der Waals surface area contributed by atoms with Crippen molar-refractivity contribution in [1.82, 2.24) is 4.98 Å². The third-order valence-corrected chi connectivity index (χ3v) is 2.86. The van der Waals surface area contributed by atoms with Gasteiger partial charge in [0.2, 0.25) is 0 Å². The second kappa shape index (κ2) is 6.02. The number of esters is 1. The zero-order valence-corrected chi connectivity index (χ0v) is 10.4. The Morgan fingerprint density at radius 3 is 2.94 bits per heavy atom. The maximum absolute atomic E-state index is 11.4. The number of carbonyl (C=O) groups excluding carboxylic acids is 1. The van der Waals surface area contributed by atoms with Crippen LogP contribution in [0.5, 0.6) is 5.75 Å². The molecule has 0 bridgehead atoms. The minimum Gasteiger partial charge on any atom is -0.480 e. The van der Waals surface area contributed by atoms with E-state index >= 15 is 0 Å². The molecule has 1 aromatic carbocycles. The summed E-state index contributed by atoms with van der Waals surface area (Å²) >= 11 is 1.43. The Kier molecular flexibility index (Phi) is 4.14. The normalized spacial score (nSPS) is 10.0. The van der Waals surface area contributed by atoms with Gasteiger partial charge in [0.15, 0.2) is 6.61 Å². The Morgan fingerprint density at radius 2 is 2.22 bits per heavy atom. The number of hydrogen-bond donors (Lipinski definition) is 1. The molecule has 0 radical (unpaired) electrons. The zero-order valence-electron chi connectivity index (χ0n) is 9.54. The van der Waals surface area contributed by atoms with Crippen LogP contribution in [-0.4, -0.2) is 17.6 Å². The van der Waals surface area contributed by atoms with Gasteiger partial charge in [-0.15, -0.1) is 11.3 Å². The highest BCUT2D eigenvalue weighted by molar-refractivity contribution is 7.09. The number of nitrogens with zero attached hydrogens (tertiary/aromatic N) is 1. The number of nitrogens with two attached hydrogens (primary N) is 1. The molecular weight excluding hydrogens is 252 g/mol. The van der Waals surface area contributed by atoms with Crippen LogP contribution < -0.4 is 10.5 Å². The number of carbonyl (C=O) groups is 1. The van der Waals surface area contributed by atoms with Gasteiger partial charge in [0.05, 0.1) is 5.69 Å². The Balaban J connectivity index is 1.77. The lowest BCUT2D eigenvalue weighted by Gasteiger charge is -2.07. The lowest BCUT2D eigenvalue weighted by molar-refractivity contribution is -0.147. The number of para-hydroxylation sites is 2. The second-order valence-corrected chi connectivity index (χ2v) is 4.39. The molecule has 1 aromatic heterocycles. The first-order valence-electron chi connectivity index (χ1n) is 5.27. The van der Waals surface area contributed by atoms with Crippen LogP contribution in [0.2, 0.25) is 0 Å². The molecule has 2 N–H and O–H groups in total. The smallest absolute Gasteiger partial charge is 0.344 e. The number of anilines is 1. The predicted molar refractivity (Wildman–Crippen MR) is 68.3 cm³/mol. The lowest BCUT2D eigenvalue weighted by Crippen LogP contribution is -2.15. The predicted octanol–water partition coefficient (Wildman–Crippen LogP) is 1.85. The van der Waals surface area contributed by atoms with E-state index < -0.39 is 5.97 Å². The van der Waals surface area contributed by atoms with Crippen LogP contribution in [0.1, 0.15) is 5.01 Å². The van der Waals surface area contributed by atoms with Crippen molar-refractivity contribution in [1.29, 1.82) is 0 Å². The van der Waals surface area contributed by atoms with Crippen molar-refractivity contribution in [2.75, 3.05) is 12.3 Å². The molecule has 0 saturated heterocycles. The van der Waals surface area contributed by atoms with Crippen molar-refractivity contribution in [3.8, 4) is 5.75 Å². The number of benzene rings is 1. The Labute approximate surface area is 108 Å². The lowest BCUT2D eigenvalue weighted by atomic mass is 10.3. The summed E-state index contributed by atoms with van der Waals surface area (Å²) in [4.78, 5) is 15.4. The second-order valence-electron chi connectivity index (χ2n) is 3.41. The fourth-order valence-corrected chi connectivity index (χ4v) is 1.78. The Morgan fingerprint density at radius 1 is 1.39 bits per heavy atom. The summed E-state index contributed by atoms with van der Waals surface area (Å²) in [7, 11) is 0. The van der Waals surface area contributed by atoms with Gasteiger partial charge in [-0.1, -0.05) is 12.1 Å².